The molecule has 4 unspecified atom stereocenters. The number of methoxy groups -OCH3 is 1. The zero-order valence-electron chi connectivity index (χ0n) is 9.86. The molecule has 0 amide bonds. The molecule has 1 saturated carbocycles. The highest BCUT2D eigenvalue weighted by molar-refractivity contribution is 5.08. The quantitative estimate of drug-likeness (QED) is 0.773. The minimum atomic E-state index is -0.563. The van der Waals surface area contributed by atoms with Crippen molar-refractivity contribution in [2.75, 3.05) is 13.7 Å². The van der Waals surface area contributed by atoms with Crippen molar-refractivity contribution in [1.29, 1.82) is 5.26 Å². The maximum Gasteiger partial charge on any atom is 0.0838 e. The normalized spacial score (nSPS) is 34.7. The first kappa shape index (κ1) is 12.5. The fourth-order valence-electron chi connectivity index (χ4n) is 2.66. The van der Waals surface area contributed by atoms with Gasteiger partial charge in [0, 0.05) is 13.0 Å². The Labute approximate surface area is 92.0 Å². The van der Waals surface area contributed by atoms with Gasteiger partial charge in [-0.2, -0.15) is 5.26 Å². The predicted octanol–water partition coefficient (Wildman–Crippen LogP) is 1.96. The number of ether oxygens (including phenoxy) is 1. The zero-order chi connectivity index (χ0) is 11.5. The lowest BCUT2D eigenvalue weighted by Crippen LogP contribution is -2.38. The van der Waals surface area contributed by atoms with E-state index in [1.807, 2.05) is 6.92 Å². The van der Waals surface area contributed by atoms with E-state index in [-0.39, 0.29) is 5.92 Å². The second-order valence-electron chi connectivity index (χ2n) is 4.99. The van der Waals surface area contributed by atoms with Crippen LogP contribution in [0.15, 0.2) is 0 Å². The number of hydrogen-bond donors (Lipinski definition) is 1. The van der Waals surface area contributed by atoms with Crippen molar-refractivity contribution >= 4 is 0 Å². The van der Waals surface area contributed by atoms with E-state index in [0.717, 1.165) is 19.3 Å². The van der Waals surface area contributed by atoms with Gasteiger partial charge in [-0.15, -0.1) is 0 Å². The van der Waals surface area contributed by atoms with E-state index in [4.69, 9.17) is 4.74 Å². The van der Waals surface area contributed by atoms with Crippen LogP contribution >= 0.6 is 0 Å². The molecular weight excluding hydrogens is 190 g/mol. The molecule has 0 bridgehead atoms. The highest BCUT2D eigenvalue weighted by Gasteiger charge is 2.45. The minimum absolute atomic E-state index is 0.0277. The average molecular weight is 211 g/mol. The maximum atomic E-state index is 10.2. The number of nitrogens with zero attached hydrogens (tertiary/aromatic N) is 1. The highest BCUT2D eigenvalue weighted by atomic mass is 16.5. The first-order valence-electron chi connectivity index (χ1n) is 5.64. The van der Waals surface area contributed by atoms with E-state index >= 15 is 0 Å². The summed E-state index contributed by atoms with van der Waals surface area (Å²) in [5, 5.41) is 19.5. The third-order valence-corrected chi connectivity index (χ3v) is 3.55. The monoisotopic (exact) mass is 211 g/mol. The van der Waals surface area contributed by atoms with Gasteiger partial charge in [0.1, 0.15) is 0 Å². The Morgan fingerprint density at radius 2 is 2.33 bits per heavy atom. The number of hydrogen-bond acceptors (Lipinski definition) is 3. The first-order valence-corrected chi connectivity index (χ1v) is 5.64. The van der Waals surface area contributed by atoms with Crippen molar-refractivity contribution in [2.45, 2.75) is 39.2 Å². The molecule has 3 heteroatoms. The summed E-state index contributed by atoms with van der Waals surface area (Å²) in [6.45, 7) is 4.60. The van der Waals surface area contributed by atoms with Crippen LogP contribution in [0.4, 0.5) is 0 Å². The minimum Gasteiger partial charge on any atom is -0.391 e. The first-order chi connectivity index (χ1) is 7.05. The Morgan fingerprint density at radius 3 is 2.73 bits per heavy atom. The molecule has 3 nitrogen and oxygen atoms in total. The molecule has 1 aliphatic rings. The van der Waals surface area contributed by atoms with Gasteiger partial charge < -0.3 is 9.84 Å². The summed E-state index contributed by atoms with van der Waals surface area (Å²) in [7, 11) is 1.62. The molecule has 4 atom stereocenters. The van der Waals surface area contributed by atoms with Crippen molar-refractivity contribution in [3.8, 4) is 6.07 Å². The van der Waals surface area contributed by atoms with Crippen LogP contribution in [0.5, 0.6) is 0 Å². The standard InChI is InChI=1S/C12H21NO2/c1-9-4-5-12(6-9,8-13)11(14)10(2)7-15-3/h9-11,14H,4-7H2,1-3H3. The molecule has 1 fully saturated rings. The third kappa shape index (κ3) is 2.50. The molecule has 0 heterocycles. The Hall–Kier alpha value is -0.590. The molecule has 0 spiro atoms. The summed E-state index contributed by atoms with van der Waals surface area (Å²) >= 11 is 0. The van der Waals surface area contributed by atoms with Crippen LogP contribution in [0.3, 0.4) is 0 Å². The summed E-state index contributed by atoms with van der Waals surface area (Å²) in [5.74, 6) is 0.578. The molecule has 0 aromatic rings. The lowest BCUT2D eigenvalue weighted by Gasteiger charge is -2.31. The Kier molecular flexibility index (Phi) is 4.12. The van der Waals surface area contributed by atoms with Gasteiger partial charge in [-0.05, 0) is 25.2 Å². The maximum absolute atomic E-state index is 10.2. The van der Waals surface area contributed by atoms with E-state index in [1.165, 1.54) is 0 Å². The number of rotatable bonds is 4. The van der Waals surface area contributed by atoms with Crippen LogP contribution in [0.1, 0.15) is 33.1 Å². The van der Waals surface area contributed by atoms with Gasteiger partial charge in [0.15, 0.2) is 0 Å². The largest absolute Gasteiger partial charge is 0.391 e. The van der Waals surface area contributed by atoms with E-state index in [2.05, 4.69) is 13.0 Å². The number of nitriles is 1. The fraction of sp³-hybridized carbons (Fsp3) is 0.917. The summed E-state index contributed by atoms with van der Waals surface area (Å²) in [4.78, 5) is 0. The van der Waals surface area contributed by atoms with E-state index in [9.17, 15) is 10.4 Å². The molecule has 0 saturated heterocycles. The van der Waals surface area contributed by atoms with Crippen molar-refractivity contribution in [2.24, 2.45) is 17.3 Å². The van der Waals surface area contributed by atoms with E-state index in [1.54, 1.807) is 7.11 Å². The summed E-state index contributed by atoms with van der Waals surface area (Å²) in [6, 6.07) is 2.34. The van der Waals surface area contributed by atoms with Crippen molar-refractivity contribution < 1.29 is 9.84 Å². The molecule has 0 aliphatic heterocycles. The van der Waals surface area contributed by atoms with Gasteiger partial charge in [-0.1, -0.05) is 13.8 Å². The molecule has 1 rings (SSSR count). The second kappa shape index (κ2) is 4.96. The predicted molar refractivity (Wildman–Crippen MR) is 58.1 cm³/mol. The molecular formula is C12H21NO2. The highest BCUT2D eigenvalue weighted by Crippen LogP contribution is 2.45. The molecule has 0 radical (unpaired) electrons. The van der Waals surface area contributed by atoms with Gasteiger partial charge in [-0.3, -0.25) is 0 Å². The second-order valence-corrected chi connectivity index (χ2v) is 4.99. The molecule has 0 aromatic heterocycles. The van der Waals surface area contributed by atoms with Crippen LogP contribution in [0, 0.1) is 28.6 Å². The van der Waals surface area contributed by atoms with E-state index < -0.39 is 11.5 Å². The van der Waals surface area contributed by atoms with Crippen LogP contribution in [0.2, 0.25) is 0 Å². The van der Waals surface area contributed by atoms with Crippen LogP contribution in [-0.2, 0) is 4.74 Å². The van der Waals surface area contributed by atoms with Gasteiger partial charge in [0.25, 0.3) is 0 Å². The Morgan fingerprint density at radius 1 is 1.67 bits per heavy atom. The van der Waals surface area contributed by atoms with Gasteiger partial charge in [0.2, 0.25) is 0 Å². The molecule has 1 aliphatic carbocycles. The number of aliphatic hydroxyl groups excluding tert-OH is 1. The van der Waals surface area contributed by atoms with Gasteiger partial charge in [0.05, 0.1) is 24.2 Å². The summed E-state index contributed by atoms with van der Waals surface area (Å²) < 4.78 is 5.03. The Bertz CT molecular complexity index is 248. The summed E-state index contributed by atoms with van der Waals surface area (Å²) in [5.41, 5.74) is -0.530. The summed E-state index contributed by atoms with van der Waals surface area (Å²) in [6.07, 6.45) is 2.12. The van der Waals surface area contributed by atoms with E-state index in [0.29, 0.717) is 12.5 Å². The smallest absolute Gasteiger partial charge is 0.0838 e. The molecule has 86 valence electrons. The molecule has 1 N–H and O–H groups in total. The molecule has 0 aromatic carbocycles. The zero-order valence-corrected chi connectivity index (χ0v) is 9.86. The SMILES string of the molecule is COCC(C)C(O)C1(C#N)CCC(C)C1. The van der Waals surface area contributed by atoms with Crippen molar-refractivity contribution in [3.05, 3.63) is 0 Å². The van der Waals surface area contributed by atoms with Gasteiger partial charge >= 0.3 is 0 Å². The number of aliphatic hydroxyl groups is 1. The Balaban J connectivity index is 2.70. The molecule has 15 heavy (non-hydrogen) atoms. The van der Waals surface area contributed by atoms with Crippen molar-refractivity contribution in [1.82, 2.24) is 0 Å². The average Bonchev–Trinajstić information content (AvgIpc) is 2.60. The van der Waals surface area contributed by atoms with Crippen LogP contribution < -0.4 is 0 Å². The lowest BCUT2D eigenvalue weighted by molar-refractivity contribution is -0.00910. The fourth-order valence-corrected chi connectivity index (χ4v) is 2.66. The van der Waals surface area contributed by atoms with Crippen LogP contribution in [-0.4, -0.2) is 24.9 Å². The topological polar surface area (TPSA) is 53.2 Å². The van der Waals surface area contributed by atoms with Crippen LogP contribution in [0.25, 0.3) is 0 Å². The lowest BCUT2D eigenvalue weighted by atomic mass is 9.76. The third-order valence-electron chi connectivity index (χ3n) is 3.55. The van der Waals surface area contributed by atoms with Gasteiger partial charge in [-0.25, -0.2) is 0 Å². The van der Waals surface area contributed by atoms with Crippen molar-refractivity contribution in [3.63, 3.8) is 0 Å².